The van der Waals surface area contributed by atoms with Crippen molar-refractivity contribution in [3.05, 3.63) is 29.8 Å². The van der Waals surface area contributed by atoms with Crippen molar-refractivity contribution in [1.82, 2.24) is 5.32 Å². The lowest BCUT2D eigenvalue weighted by molar-refractivity contribution is 0.503. The Morgan fingerprint density at radius 1 is 1.38 bits per heavy atom. The third kappa shape index (κ3) is 4.72. The van der Waals surface area contributed by atoms with Crippen LogP contribution in [-0.4, -0.2) is 31.9 Å². The molecule has 1 aliphatic rings. The number of nitrogens with zero attached hydrogens (tertiary/aromatic N) is 1. The molecule has 0 bridgehead atoms. The zero-order valence-corrected chi connectivity index (χ0v) is 13.9. The van der Waals surface area contributed by atoms with E-state index >= 15 is 0 Å². The molecule has 0 saturated carbocycles. The van der Waals surface area contributed by atoms with Gasteiger partial charge in [0, 0.05) is 18.3 Å². The molecule has 1 aromatic rings. The predicted molar refractivity (Wildman–Crippen MR) is 88.0 cm³/mol. The van der Waals surface area contributed by atoms with E-state index in [2.05, 4.69) is 24.2 Å². The van der Waals surface area contributed by atoms with Gasteiger partial charge >= 0.3 is 0 Å². The van der Waals surface area contributed by atoms with Crippen LogP contribution in [0, 0.1) is 5.92 Å². The summed E-state index contributed by atoms with van der Waals surface area (Å²) in [6.45, 7) is 5.09. The van der Waals surface area contributed by atoms with Crippen molar-refractivity contribution in [2.45, 2.75) is 31.2 Å². The zero-order chi connectivity index (χ0) is 15.5. The number of aliphatic imine (C=N–C) groups is 1. The maximum atomic E-state index is 11.2. The van der Waals surface area contributed by atoms with Crippen LogP contribution in [0.4, 0.5) is 0 Å². The Bertz CT molecular complexity index is 610. The number of benzene rings is 1. The molecule has 1 aromatic carbocycles. The second-order valence-electron chi connectivity index (χ2n) is 5.43. The van der Waals surface area contributed by atoms with E-state index in [1.807, 2.05) is 0 Å². The Morgan fingerprint density at radius 2 is 2.05 bits per heavy atom. The summed E-state index contributed by atoms with van der Waals surface area (Å²) in [5, 5.41) is 9.50. The number of rotatable bonds is 5. The van der Waals surface area contributed by atoms with Crippen LogP contribution in [0.2, 0.25) is 0 Å². The van der Waals surface area contributed by atoms with Crippen molar-refractivity contribution in [2.75, 3.05) is 12.3 Å². The molecule has 1 heterocycles. The Morgan fingerprint density at radius 3 is 2.57 bits per heavy atom. The van der Waals surface area contributed by atoms with Gasteiger partial charge in [-0.3, -0.25) is 4.99 Å². The van der Waals surface area contributed by atoms with Crippen LogP contribution in [0.3, 0.4) is 0 Å². The van der Waals surface area contributed by atoms with E-state index in [9.17, 15) is 8.42 Å². The summed E-state index contributed by atoms with van der Waals surface area (Å²) in [5.41, 5.74) is 1.05. The molecule has 116 valence electrons. The van der Waals surface area contributed by atoms with E-state index in [1.165, 1.54) is 12.1 Å². The molecule has 0 radical (unpaired) electrons. The van der Waals surface area contributed by atoms with Crippen molar-refractivity contribution in [1.29, 1.82) is 0 Å². The first-order valence-corrected chi connectivity index (χ1v) is 9.45. The molecule has 21 heavy (non-hydrogen) atoms. The van der Waals surface area contributed by atoms with Gasteiger partial charge in [-0.15, -0.1) is 0 Å². The quantitative estimate of drug-likeness (QED) is 0.860. The molecule has 1 saturated heterocycles. The third-order valence-corrected chi connectivity index (χ3v) is 5.40. The van der Waals surface area contributed by atoms with E-state index in [0.29, 0.717) is 18.5 Å². The zero-order valence-electron chi connectivity index (χ0n) is 12.2. The summed E-state index contributed by atoms with van der Waals surface area (Å²) in [6.07, 6.45) is 0.781. The number of hydrogen-bond acceptors (Lipinski definition) is 4. The normalized spacial score (nSPS) is 21.0. The molecule has 1 aliphatic heterocycles. The first-order chi connectivity index (χ1) is 9.86. The van der Waals surface area contributed by atoms with E-state index in [-0.39, 0.29) is 4.90 Å². The van der Waals surface area contributed by atoms with Crippen LogP contribution in [0.25, 0.3) is 0 Å². The summed E-state index contributed by atoms with van der Waals surface area (Å²) in [6, 6.07) is 7.14. The smallest absolute Gasteiger partial charge is 0.238 e. The molecule has 7 heteroatoms. The number of thioether (sulfide) groups is 1. The molecule has 1 unspecified atom stereocenters. The first-order valence-electron chi connectivity index (χ1n) is 6.92. The van der Waals surface area contributed by atoms with Gasteiger partial charge in [0.1, 0.15) is 0 Å². The summed E-state index contributed by atoms with van der Waals surface area (Å²) in [4.78, 5) is 4.69. The van der Waals surface area contributed by atoms with E-state index in [4.69, 9.17) is 5.14 Å². The van der Waals surface area contributed by atoms with Crippen LogP contribution in [-0.2, 0) is 16.4 Å². The van der Waals surface area contributed by atoms with Crippen molar-refractivity contribution < 1.29 is 8.42 Å². The second-order valence-corrected chi connectivity index (χ2v) is 8.00. The van der Waals surface area contributed by atoms with E-state index in [0.717, 1.165) is 22.9 Å². The highest BCUT2D eigenvalue weighted by Gasteiger charge is 2.22. The standard InChI is InChI=1S/C14H21N3O2S2/c1-10(2)13-9-20-14(17-13)16-8-7-11-3-5-12(6-4-11)21(15,18)19/h3-6,10,13H,7-9H2,1-2H3,(H,16,17)(H2,15,18,19). The fourth-order valence-corrected chi connectivity index (χ4v) is 3.73. The molecule has 5 nitrogen and oxygen atoms in total. The van der Waals surface area contributed by atoms with Crippen LogP contribution < -0.4 is 10.5 Å². The lowest BCUT2D eigenvalue weighted by Crippen LogP contribution is -2.31. The van der Waals surface area contributed by atoms with Crippen LogP contribution in [0.15, 0.2) is 34.2 Å². The SMILES string of the molecule is CC(C)C1CSC(=NCCc2ccc(S(N)(=O)=O)cc2)N1. The lowest BCUT2D eigenvalue weighted by Gasteiger charge is -2.13. The van der Waals surface area contributed by atoms with Crippen molar-refractivity contribution in [3.8, 4) is 0 Å². The number of sulfonamides is 1. The molecule has 0 aliphatic carbocycles. The highest BCUT2D eigenvalue weighted by molar-refractivity contribution is 8.14. The molecule has 2 rings (SSSR count). The van der Waals surface area contributed by atoms with Gasteiger partial charge < -0.3 is 5.32 Å². The average molecular weight is 327 g/mol. The van der Waals surface area contributed by atoms with Crippen LogP contribution in [0.1, 0.15) is 19.4 Å². The van der Waals surface area contributed by atoms with Gasteiger partial charge in [0.05, 0.1) is 4.90 Å². The van der Waals surface area contributed by atoms with Gasteiger partial charge in [-0.05, 0) is 30.0 Å². The number of primary sulfonamides is 1. The average Bonchev–Trinajstić information content (AvgIpc) is 2.87. The number of hydrogen-bond donors (Lipinski definition) is 2. The molecule has 0 spiro atoms. The minimum Gasteiger partial charge on any atom is -0.361 e. The van der Waals surface area contributed by atoms with Crippen molar-refractivity contribution in [3.63, 3.8) is 0 Å². The van der Waals surface area contributed by atoms with Gasteiger partial charge in [0.15, 0.2) is 5.17 Å². The Kier molecular flexibility index (Phi) is 5.29. The van der Waals surface area contributed by atoms with Gasteiger partial charge in [0.25, 0.3) is 0 Å². The fourth-order valence-electron chi connectivity index (χ4n) is 1.99. The van der Waals surface area contributed by atoms with E-state index in [1.54, 1.807) is 23.9 Å². The monoisotopic (exact) mass is 327 g/mol. The summed E-state index contributed by atoms with van der Waals surface area (Å²) in [5.74, 6) is 1.68. The second kappa shape index (κ2) is 6.81. The first kappa shape index (κ1) is 16.3. The van der Waals surface area contributed by atoms with Gasteiger partial charge in [-0.2, -0.15) is 0 Å². The van der Waals surface area contributed by atoms with Crippen LogP contribution >= 0.6 is 11.8 Å². The lowest BCUT2D eigenvalue weighted by atomic mass is 10.1. The topological polar surface area (TPSA) is 84.5 Å². The molecular formula is C14H21N3O2S2. The third-order valence-electron chi connectivity index (χ3n) is 3.42. The van der Waals surface area contributed by atoms with Crippen molar-refractivity contribution in [2.24, 2.45) is 16.0 Å². The van der Waals surface area contributed by atoms with Gasteiger partial charge in [0.2, 0.25) is 10.0 Å². The summed E-state index contributed by atoms with van der Waals surface area (Å²) >= 11 is 1.76. The van der Waals surface area contributed by atoms with Gasteiger partial charge in [-0.1, -0.05) is 37.7 Å². The molecule has 0 aromatic heterocycles. The number of nitrogens with two attached hydrogens (primary N) is 1. The number of amidine groups is 1. The Labute approximate surface area is 130 Å². The number of nitrogens with one attached hydrogen (secondary N) is 1. The van der Waals surface area contributed by atoms with Gasteiger partial charge in [-0.25, -0.2) is 13.6 Å². The summed E-state index contributed by atoms with van der Waals surface area (Å²) in [7, 11) is -3.61. The van der Waals surface area contributed by atoms with Crippen molar-refractivity contribution >= 4 is 27.0 Å². The Balaban J connectivity index is 1.87. The maximum absolute atomic E-state index is 11.2. The largest absolute Gasteiger partial charge is 0.361 e. The Hall–Kier alpha value is -1.05. The highest BCUT2D eigenvalue weighted by Crippen LogP contribution is 2.19. The molecule has 1 fully saturated rings. The van der Waals surface area contributed by atoms with E-state index < -0.39 is 10.0 Å². The summed E-state index contributed by atoms with van der Waals surface area (Å²) < 4.78 is 22.3. The molecule has 1 atom stereocenters. The van der Waals surface area contributed by atoms with Crippen LogP contribution in [0.5, 0.6) is 0 Å². The molecular weight excluding hydrogens is 306 g/mol. The molecule has 0 amide bonds. The molecule has 3 N–H and O–H groups in total. The highest BCUT2D eigenvalue weighted by atomic mass is 32.2. The maximum Gasteiger partial charge on any atom is 0.238 e. The predicted octanol–water partition coefficient (Wildman–Crippen LogP) is 1.59. The minimum atomic E-state index is -3.61. The fraction of sp³-hybridized carbons (Fsp3) is 0.500. The minimum absolute atomic E-state index is 0.144.